The first kappa shape index (κ1) is 13.8. The van der Waals surface area contributed by atoms with Crippen LogP contribution in [0.1, 0.15) is 17.4 Å². The van der Waals surface area contributed by atoms with E-state index in [0.717, 1.165) is 21.6 Å². The van der Waals surface area contributed by atoms with Crippen molar-refractivity contribution in [2.75, 3.05) is 6.54 Å². The highest BCUT2D eigenvalue weighted by molar-refractivity contribution is 7.13. The van der Waals surface area contributed by atoms with Gasteiger partial charge in [0.2, 0.25) is 0 Å². The molecule has 0 fully saturated rings. The van der Waals surface area contributed by atoms with Crippen molar-refractivity contribution < 1.29 is 9.90 Å². The average Bonchev–Trinajstić information content (AvgIpc) is 3.10. The molecule has 108 valence electrons. The summed E-state index contributed by atoms with van der Waals surface area (Å²) >= 11 is 1.41. The summed E-state index contributed by atoms with van der Waals surface area (Å²) in [5.74, 6) is -0.269. The van der Waals surface area contributed by atoms with E-state index in [2.05, 4.69) is 15.3 Å². The number of amides is 1. The monoisotopic (exact) mass is 301 g/mol. The minimum Gasteiger partial charge on any atom is -0.392 e. The van der Waals surface area contributed by atoms with Crippen molar-refractivity contribution in [1.29, 1.82) is 0 Å². The van der Waals surface area contributed by atoms with Gasteiger partial charge in [-0.05, 0) is 19.1 Å². The lowest BCUT2D eigenvalue weighted by Crippen LogP contribution is -2.30. The minimum absolute atomic E-state index is 0.220. The maximum absolute atomic E-state index is 11.9. The Kier molecular flexibility index (Phi) is 3.72. The summed E-state index contributed by atoms with van der Waals surface area (Å²) in [6.45, 7) is 1.84. The third-order valence-corrected chi connectivity index (χ3v) is 3.93. The van der Waals surface area contributed by atoms with Gasteiger partial charge in [-0.2, -0.15) is 0 Å². The second-order valence-electron chi connectivity index (χ2n) is 4.87. The summed E-state index contributed by atoms with van der Waals surface area (Å²) in [5.41, 5.74) is 2.31. The first-order chi connectivity index (χ1) is 10.1. The van der Waals surface area contributed by atoms with Crippen LogP contribution in [0.4, 0.5) is 0 Å². The zero-order chi connectivity index (χ0) is 14.8. The predicted molar refractivity (Wildman–Crippen MR) is 83.4 cm³/mol. The number of fused-ring (bicyclic) bond motifs is 1. The van der Waals surface area contributed by atoms with E-state index in [-0.39, 0.29) is 12.5 Å². The van der Waals surface area contributed by atoms with Crippen LogP contribution < -0.4 is 5.32 Å². The molecule has 0 aliphatic rings. The maximum Gasteiger partial charge on any atom is 0.270 e. The SMILES string of the molecule is CC(O)CNC(=O)c1csc(-c2cc3ccccc3[nH]2)n1. The lowest BCUT2D eigenvalue weighted by Gasteiger charge is -2.04. The van der Waals surface area contributed by atoms with Gasteiger partial charge >= 0.3 is 0 Å². The van der Waals surface area contributed by atoms with Gasteiger partial charge < -0.3 is 15.4 Å². The van der Waals surface area contributed by atoms with Crippen molar-refractivity contribution in [3.05, 3.63) is 41.4 Å². The summed E-state index contributed by atoms with van der Waals surface area (Å²) in [4.78, 5) is 19.5. The number of hydrogen-bond acceptors (Lipinski definition) is 4. The molecule has 2 heterocycles. The van der Waals surface area contributed by atoms with Crippen molar-refractivity contribution in [2.45, 2.75) is 13.0 Å². The molecule has 0 saturated carbocycles. The number of thiazole rings is 1. The van der Waals surface area contributed by atoms with E-state index < -0.39 is 6.10 Å². The van der Waals surface area contributed by atoms with Crippen LogP contribution in [0, 0.1) is 0 Å². The Bertz CT molecular complexity index is 743. The number of carbonyl (C=O) groups is 1. The number of para-hydroxylation sites is 1. The number of rotatable bonds is 4. The average molecular weight is 301 g/mol. The lowest BCUT2D eigenvalue weighted by molar-refractivity contribution is 0.0920. The molecule has 5 nitrogen and oxygen atoms in total. The van der Waals surface area contributed by atoms with E-state index in [1.54, 1.807) is 12.3 Å². The van der Waals surface area contributed by atoms with Crippen LogP contribution >= 0.6 is 11.3 Å². The number of carbonyl (C=O) groups excluding carboxylic acids is 1. The highest BCUT2D eigenvalue weighted by atomic mass is 32.1. The van der Waals surface area contributed by atoms with Gasteiger partial charge in [0, 0.05) is 22.8 Å². The van der Waals surface area contributed by atoms with Gasteiger partial charge in [0.1, 0.15) is 10.7 Å². The summed E-state index contributed by atoms with van der Waals surface area (Å²) in [5, 5.41) is 15.4. The molecular weight excluding hydrogens is 286 g/mol. The second kappa shape index (κ2) is 5.67. The van der Waals surface area contributed by atoms with E-state index in [1.807, 2.05) is 30.3 Å². The molecule has 1 unspecified atom stereocenters. The zero-order valence-corrected chi connectivity index (χ0v) is 12.3. The molecular formula is C15H15N3O2S. The van der Waals surface area contributed by atoms with Crippen LogP contribution in [0.2, 0.25) is 0 Å². The minimum atomic E-state index is -0.569. The smallest absolute Gasteiger partial charge is 0.270 e. The van der Waals surface area contributed by atoms with E-state index >= 15 is 0 Å². The molecule has 0 radical (unpaired) electrons. The Balaban J connectivity index is 1.82. The van der Waals surface area contributed by atoms with E-state index in [9.17, 15) is 9.90 Å². The number of aromatic nitrogens is 2. The van der Waals surface area contributed by atoms with Gasteiger partial charge in [-0.15, -0.1) is 11.3 Å². The largest absolute Gasteiger partial charge is 0.392 e. The van der Waals surface area contributed by atoms with Crippen LogP contribution in [0.3, 0.4) is 0 Å². The number of benzene rings is 1. The fourth-order valence-corrected chi connectivity index (χ4v) is 2.79. The number of H-pyrrole nitrogens is 1. The van der Waals surface area contributed by atoms with Crippen LogP contribution in [-0.4, -0.2) is 33.6 Å². The van der Waals surface area contributed by atoms with Gasteiger partial charge in [0.25, 0.3) is 5.91 Å². The third kappa shape index (κ3) is 2.96. The number of nitrogens with zero attached hydrogens (tertiary/aromatic N) is 1. The van der Waals surface area contributed by atoms with Crippen molar-refractivity contribution in [3.8, 4) is 10.7 Å². The van der Waals surface area contributed by atoms with Gasteiger partial charge in [-0.3, -0.25) is 4.79 Å². The molecule has 3 rings (SSSR count). The van der Waals surface area contributed by atoms with Crippen molar-refractivity contribution in [1.82, 2.24) is 15.3 Å². The molecule has 3 aromatic rings. The van der Waals surface area contributed by atoms with Gasteiger partial charge in [0.05, 0.1) is 11.8 Å². The third-order valence-electron chi connectivity index (χ3n) is 3.06. The summed E-state index contributed by atoms with van der Waals surface area (Å²) in [6.07, 6.45) is -0.569. The molecule has 6 heteroatoms. The predicted octanol–water partition coefficient (Wildman–Crippen LogP) is 2.40. The quantitative estimate of drug-likeness (QED) is 0.692. The van der Waals surface area contributed by atoms with E-state index in [0.29, 0.717) is 5.69 Å². The summed E-state index contributed by atoms with van der Waals surface area (Å²) in [6, 6.07) is 10.0. The molecule has 0 bridgehead atoms. The molecule has 0 saturated heterocycles. The molecule has 1 amide bonds. The highest BCUT2D eigenvalue weighted by Crippen LogP contribution is 2.26. The van der Waals surface area contributed by atoms with Crippen LogP contribution in [0.15, 0.2) is 35.7 Å². The number of aliphatic hydroxyl groups is 1. The van der Waals surface area contributed by atoms with Crippen LogP contribution in [0.5, 0.6) is 0 Å². The van der Waals surface area contributed by atoms with Crippen LogP contribution in [0.25, 0.3) is 21.6 Å². The zero-order valence-electron chi connectivity index (χ0n) is 11.5. The Labute approximate surface area is 125 Å². The number of aromatic amines is 1. The molecule has 1 atom stereocenters. The maximum atomic E-state index is 11.9. The van der Waals surface area contributed by atoms with Crippen molar-refractivity contribution in [2.24, 2.45) is 0 Å². The normalized spacial score (nSPS) is 12.5. The van der Waals surface area contributed by atoms with Gasteiger partial charge in [-0.25, -0.2) is 4.98 Å². The topological polar surface area (TPSA) is 78.0 Å². The Morgan fingerprint density at radius 1 is 1.48 bits per heavy atom. The van der Waals surface area contributed by atoms with Crippen molar-refractivity contribution in [3.63, 3.8) is 0 Å². The molecule has 3 N–H and O–H groups in total. The Hall–Kier alpha value is -2.18. The standard InChI is InChI=1S/C15H15N3O2S/c1-9(19)7-16-14(20)13-8-21-15(18-13)12-6-10-4-2-3-5-11(10)17-12/h2-6,8-9,17,19H,7H2,1H3,(H,16,20). The summed E-state index contributed by atoms with van der Waals surface area (Å²) < 4.78 is 0. The fraction of sp³-hybridized carbons (Fsp3) is 0.200. The first-order valence-electron chi connectivity index (χ1n) is 6.63. The Morgan fingerprint density at radius 3 is 3.05 bits per heavy atom. The second-order valence-corrected chi connectivity index (χ2v) is 5.73. The molecule has 21 heavy (non-hydrogen) atoms. The lowest BCUT2D eigenvalue weighted by atomic mass is 10.2. The van der Waals surface area contributed by atoms with Crippen LogP contribution in [-0.2, 0) is 0 Å². The molecule has 0 spiro atoms. The Morgan fingerprint density at radius 2 is 2.29 bits per heavy atom. The fourth-order valence-electron chi connectivity index (χ4n) is 2.02. The van der Waals surface area contributed by atoms with Crippen molar-refractivity contribution >= 4 is 28.1 Å². The molecule has 2 aromatic heterocycles. The number of hydrogen-bond donors (Lipinski definition) is 3. The first-order valence-corrected chi connectivity index (χ1v) is 7.51. The van der Waals surface area contributed by atoms with E-state index in [1.165, 1.54) is 11.3 Å². The van der Waals surface area contributed by atoms with Gasteiger partial charge in [-0.1, -0.05) is 18.2 Å². The number of nitrogens with one attached hydrogen (secondary N) is 2. The van der Waals surface area contributed by atoms with E-state index in [4.69, 9.17) is 0 Å². The van der Waals surface area contributed by atoms with Gasteiger partial charge in [0.15, 0.2) is 0 Å². The highest BCUT2D eigenvalue weighted by Gasteiger charge is 2.13. The number of aliphatic hydroxyl groups excluding tert-OH is 1. The molecule has 1 aromatic carbocycles. The molecule has 0 aliphatic heterocycles. The molecule has 0 aliphatic carbocycles. The summed E-state index contributed by atoms with van der Waals surface area (Å²) in [7, 11) is 0.